The largest absolute Gasteiger partial charge is 0.306 e. The molecule has 0 saturated carbocycles. The summed E-state index contributed by atoms with van der Waals surface area (Å²) in [6, 6.07) is 12.7. The van der Waals surface area contributed by atoms with Gasteiger partial charge in [-0.15, -0.1) is 0 Å². The molecule has 2 aromatic carbocycles. The highest BCUT2D eigenvalue weighted by Crippen LogP contribution is 2.23. The summed E-state index contributed by atoms with van der Waals surface area (Å²) in [5.74, 6) is -0.239. The van der Waals surface area contributed by atoms with Crippen LogP contribution in [0.4, 0.5) is 4.39 Å². The summed E-state index contributed by atoms with van der Waals surface area (Å²) in [6.45, 7) is 2.62. The molecular weight excluding hydrogens is 329 g/mol. The summed E-state index contributed by atoms with van der Waals surface area (Å²) in [5.41, 5.74) is 1.94. The zero-order valence-corrected chi connectivity index (χ0v) is 12.8. The van der Waals surface area contributed by atoms with E-state index in [0.29, 0.717) is 6.54 Å². The van der Waals surface area contributed by atoms with Crippen LogP contribution in [0.15, 0.2) is 46.9 Å². The molecule has 1 atom stereocenters. The van der Waals surface area contributed by atoms with Crippen molar-refractivity contribution in [3.63, 3.8) is 0 Å². The van der Waals surface area contributed by atoms with Crippen molar-refractivity contribution in [1.82, 2.24) is 5.32 Å². The average molecular weight is 343 g/mol. The molecule has 0 radical (unpaired) electrons. The molecular formula is C15H14BrClFN. The highest BCUT2D eigenvalue weighted by atomic mass is 79.9. The van der Waals surface area contributed by atoms with Gasteiger partial charge in [0.05, 0.1) is 0 Å². The third-order valence-electron chi connectivity index (χ3n) is 2.91. The molecule has 1 N–H and O–H groups in total. The van der Waals surface area contributed by atoms with Crippen molar-refractivity contribution in [1.29, 1.82) is 0 Å². The van der Waals surface area contributed by atoms with Gasteiger partial charge in [0.25, 0.3) is 0 Å². The van der Waals surface area contributed by atoms with Crippen LogP contribution >= 0.6 is 27.5 Å². The third kappa shape index (κ3) is 4.03. The second kappa shape index (κ2) is 6.51. The van der Waals surface area contributed by atoms with Gasteiger partial charge in [-0.25, -0.2) is 4.39 Å². The Morgan fingerprint density at radius 3 is 2.68 bits per heavy atom. The van der Waals surface area contributed by atoms with Crippen molar-refractivity contribution in [2.75, 3.05) is 0 Å². The number of benzene rings is 2. The minimum absolute atomic E-state index is 0.107. The minimum atomic E-state index is -0.239. The molecule has 0 aliphatic heterocycles. The summed E-state index contributed by atoms with van der Waals surface area (Å²) in [4.78, 5) is 0. The predicted octanol–water partition coefficient (Wildman–Crippen LogP) is 5.09. The van der Waals surface area contributed by atoms with Gasteiger partial charge in [-0.05, 0) is 42.3 Å². The monoisotopic (exact) mass is 341 g/mol. The lowest BCUT2D eigenvalue weighted by molar-refractivity contribution is 0.569. The average Bonchev–Trinajstić information content (AvgIpc) is 2.35. The van der Waals surface area contributed by atoms with Crippen LogP contribution in [0, 0.1) is 5.82 Å². The maximum absolute atomic E-state index is 13.3. The molecule has 19 heavy (non-hydrogen) atoms. The number of rotatable bonds is 4. The van der Waals surface area contributed by atoms with Crippen LogP contribution in [-0.2, 0) is 6.54 Å². The van der Waals surface area contributed by atoms with Crippen molar-refractivity contribution in [3.8, 4) is 0 Å². The summed E-state index contributed by atoms with van der Waals surface area (Å²) in [6.07, 6.45) is 0. The van der Waals surface area contributed by atoms with E-state index < -0.39 is 0 Å². The first-order valence-corrected chi connectivity index (χ1v) is 7.16. The summed E-state index contributed by atoms with van der Waals surface area (Å²) in [7, 11) is 0. The van der Waals surface area contributed by atoms with Crippen molar-refractivity contribution in [2.24, 2.45) is 0 Å². The third-order valence-corrected chi connectivity index (χ3v) is 3.71. The Bertz CT molecular complexity index is 554. The van der Waals surface area contributed by atoms with Gasteiger partial charge in [-0.3, -0.25) is 0 Å². The minimum Gasteiger partial charge on any atom is -0.306 e. The Morgan fingerprint density at radius 1 is 1.26 bits per heavy atom. The molecule has 1 nitrogen and oxygen atoms in total. The Hall–Kier alpha value is -0.900. The number of hydrogen-bond acceptors (Lipinski definition) is 1. The molecule has 0 aromatic heterocycles. The van der Waals surface area contributed by atoms with E-state index in [1.807, 2.05) is 37.3 Å². The Kier molecular flexibility index (Phi) is 4.97. The lowest BCUT2D eigenvalue weighted by atomic mass is 10.1. The SMILES string of the molecule is C[C@H](NCc1cc(F)cc(Br)c1)c1ccccc1Cl. The Balaban J connectivity index is 2.04. The van der Waals surface area contributed by atoms with E-state index in [9.17, 15) is 4.39 Å². The standard InChI is InChI=1S/C15H14BrClFN/c1-10(14-4-2-3-5-15(14)17)19-9-11-6-12(16)8-13(18)7-11/h2-8,10,19H,9H2,1H3/t10-/m0/s1. The molecule has 4 heteroatoms. The van der Waals surface area contributed by atoms with Gasteiger partial charge in [0.2, 0.25) is 0 Å². The zero-order valence-electron chi connectivity index (χ0n) is 10.5. The fourth-order valence-electron chi connectivity index (χ4n) is 1.92. The van der Waals surface area contributed by atoms with Crippen molar-refractivity contribution in [2.45, 2.75) is 19.5 Å². The lowest BCUT2D eigenvalue weighted by Crippen LogP contribution is -2.18. The van der Waals surface area contributed by atoms with Gasteiger partial charge in [-0.1, -0.05) is 45.7 Å². The molecule has 100 valence electrons. The van der Waals surface area contributed by atoms with Crippen LogP contribution in [0.2, 0.25) is 5.02 Å². The molecule has 0 bridgehead atoms. The molecule has 0 aliphatic rings. The highest BCUT2D eigenvalue weighted by Gasteiger charge is 2.08. The molecule has 0 spiro atoms. The quantitative estimate of drug-likeness (QED) is 0.816. The van der Waals surface area contributed by atoms with Crippen LogP contribution in [0.25, 0.3) is 0 Å². The van der Waals surface area contributed by atoms with Crippen LogP contribution in [0.3, 0.4) is 0 Å². The van der Waals surface area contributed by atoms with Crippen LogP contribution in [0.5, 0.6) is 0 Å². The fraction of sp³-hybridized carbons (Fsp3) is 0.200. The van der Waals surface area contributed by atoms with Crippen molar-refractivity contribution >= 4 is 27.5 Å². The smallest absolute Gasteiger partial charge is 0.124 e. The predicted molar refractivity (Wildman–Crippen MR) is 80.8 cm³/mol. The molecule has 2 aromatic rings. The van der Waals surface area contributed by atoms with E-state index in [1.165, 1.54) is 12.1 Å². The second-order valence-electron chi connectivity index (χ2n) is 4.40. The van der Waals surface area contributed by atoms with Gasteiger partial charge < -0.3 is 5.32 Å². The first-order valence-electron chi connectivity index (χ1n) is 5.99. The summed E-state index contributed by atoms with van der Waals surface area (Å²) in [5, 5.41) is 4.08. The first kappa shape index (κ1) is 14.5. The topological polar surface area (TPSA) is 12.0 Å². The van der Waals surface area contributed by atoms with E-state index >= 15 is 0 Å². The van der Waals surface area contributed by atoms with E-state index in [0.717, 1.165) is 20.6 Å². The Morgan fingerprint density at radius 2 is 2.00 bits per heavy atom. The normalized spacial score (nSPS) is 12.4. The van der Waals surface area contributed by atoms with E-state index in [1.54, 1.807) is 0 Å². The number of halogens is 3. The number of hydrogen-bond donors (Lipinski definition) is 1. The molecule has 0 heterocycles. The highest BCUT2D eigenvalue weighted by molar-refractivity contribution is 9.10. The fourth-order valence-corrected chi connectivity index (χ4v) is 2.73. The van der Waals surface area contributed by atoms with Crippen LogP contribution in [-0.4, -0.2) is 0 Å². The van der Waals surface area contributed by atoms with Gasteiger partial charge in [0.1, 0.15) is 5.82 Å². The number of nitrogens with one attached hydrogen (secondary N) is 1. The van der Waals surface area contributed by atoms with Gasteiger partial charge in [-0.2, -0.15) is 0 Å². The summed E-state index contributed by atoms with van der Waals surface area (Å²) >= 11 is 9.43. The molecule has 0 fully saturated rings. The first-order chi connectivity index (χ1) is 9.06. The van der Waals surface area contributed by atoms with Crippen LogP contribution in [0.1, 0.15) is 24.1 Å². The molecule has 0 aliphatic carbocycles. The van der Waals surface area contributed by atoms with Crippen molar-refractivity contribution in [3.05, 3.63) is 68.9 Å². The van der Waals surface area contributed by atoms with Crippen LogP contribution < -0.4 is 5.32 Å². The van der Waals surface area contributed by atoms with E-state index in [2.05, 4.69) is 21.2 Å². The summed E-state index contributed by atoms with van der Waals surface area (Å²) < 4.78 is 14.0. The lowest BCUT2D eigenvalue weighted by Gasteiger charge is -2.16. The second-order valence-corrected chi connectivity index (χ2v) is 5.72. The van der Waals surface area contributed by atoms with Crippen molar-refractivity contribution < 1.29 is 4.39 Å². The molecule has 0 saturated heterocycles. The van der Waals surface area contributed by atoms with Gasteiger partial charge >= 0.3 is 0 Å². The molecule has 2 rings (SSSR count). The van der Waals surface area contributed by atoms with Gasteiger partial charge in [0.15, 0.2) is 0 Å². The molecule has 0 unspecified atom stereocenters. The van der Waals surface area contributed by atoms with E-state index in [-0.39, 0.29) is 11.9 Å². The maximum Gasteiger partial charge on any atom is 0.124 e. The van der Waals surface area contributed by atoms with E-state index in [4.69, 9.17) is 11.6 Å². The zero-order chi connectivity index (χ0) is 13.8. The Labute approximate surface area is 125 Å². The maximum atomic E-state index is 13.3. The molecule has 0 amide bonds. The van der Waals surface area contributed by atoms with Gasteiger partial charge in [0, 0.05) is 22.1 Å².